The van der Waals surface area contributed by atoms with Crippen molar-refractivity contribution in [2.24, 2.45) is 5.92 Å². The fourth-order valence-electron chi connectivity index (χ4n) is 4.23. The molecule has 6 nitrogen and oxygen atoms in total. The van der Waals surface area contributed by atoms with Crippen molar-refractivity contribution in [3.63, 3.8) is 0 Å². The molecule has 2 aliphatic rings. The van der Waals surface area contributed by atoms with Crippen LogP contribution < -0.4 is 14.2 Å². The van der Waals surface area contributed by atoms with Gasteiger partial charge in [0.25, 0.3) is 0 Å². The summed E-state index contributed by atoms with van der Waals surface area (Å²) in [4.78, 5) is 17.3. The molecule has 3 rings (SSSR count). The monoisotopic (exact) mass is 376 g/mol. The van der Waals surface area contributed by atoms with Crippen molar-refractivity contribution in [3.8, 4) is 17.2 Å². The van der Waals surface area contributed by atoms with Crippen LogP contribution in [0.2, 0.25) is 0 Å². The first-order valence-corrected chi connectivity index (χ1v) is 9.96. The highest BCUT2D eigenvalue weighted by molar-refractivity contribution is 5.79. The third kappa shape index (κ3) is 4.67. The Morgan fingerprint density at radius 3 is 2.26 bits per heavy atom. The molecule has 0 N–H and O–H groups in total. The highest BCUT2D eigenvalue weighted by Crippen LogP contribution is 2.35. The Bertz CT molecular complexity index is 643. The maximum Gasteiger partial charge on any atom is 0.226 e. The number of benzene rings is 1. The minimum absolute atomic E-state index is 0.114. The van der Waals surface area contributed by atoms with Crippen LogP contribution >= 0.6 is 0 Å². The summed E-state index contributed by atoms with van der Waals surface area (Å²) >= 11 is 0. The molecule has 1 aromatic carbocycles. The van der Waals surface area contributed by atoms with Crippen LogP contribution in [0.25, 0.3) is 0 Å². The summed E-state index contributed by atoms with van der Waals surface area (Å²) in [5.41, 5.74) is 1.06. The number of carbonyl (C=O) groups is 1. The number of nitrogens with zero attached hydrogens (tertiary/aromatic N) is 2. The summed E-state index contributed by atoms with van der Waals surface area (Å²) in [6.45, 7) is 4.42. The minimum atomic E-state index is 0.114. The molecule has 0 spiro atoms. The molecule has 150 valence electrons. The molecule has 0 bridgehead atoms. The van der Waals surface area contributed by atoms with Gasteiger partial charge in [0.15, 0.2) is 11.5 Å². The highest BCUT2D eigenvalue weighted by atomic mass is 16.5. The van der Waals surface area contributed by atoms with Gasteiger partial charge in [-0.25, -0.2) is 0 Å². The quantitative estimate of drug-likeness (QED) is 0.764. The van der Waals surface area contributed by atoms with E-state index in [9.17, 15) is 4.79 Å². The summed E-state index contributed by atoms with van der Waals surface area (Å²) in [6, 6.07) is 3.85. The van der Waals surface area contributed by atoms with Gasteiger partial charge in [-0.3, -0.25) is 9.69 Å². The molecule has 0 aromatic heterocycles. The van der Waals surface area contributed by atoms with Crippen molar-refractivity contribution in [3.05, 3.63) is 17.7 Å². The number of piperidine rings is 2. The van der Waals surface area contributed by atoms with Crippen molar-refractivity contribution in [1.82, 2.24) is 9.80 Å². The van der Waals surface area contributed by atoms with E-state index in [1.165, 1.54) is 6.42 Å². The fourth-order valence-corrected chi connectivity index (χ4v) is 4.23. The molecular weight excluding hydrogens is 344 g/mol. The molecule has 1 atom stereocenters. The van der Waals surface area contributed by atoms with Crippen molar-refractivity contribution in [2.75, 3.05) is 47.5 Å². The molecule has 1 amide bonds. The lowest BCUT2D eigenvalue weighted by atomic mass is 9.95. The smallest absolute Gasteiger partial charge is 0.226 e. The number of hydrogen-bond acceptors (Lipinski definition) is 5. The van der Waals surface area contributed by atoms with Crippen LogP contribution in [0.1, 0.15) is 37.7 Å². The SMILES string of the molecule is COc1cc(OC)c(OC)cc1CN1CCCC(C(=O)N2CCCCC2)C1. The van der Waals surface area contributed by atoms with Crippen LogP contribution in [-0.2, 0) is 11.3 Å². The first-order chi connectivity index (χ1) is 13.2. The lowest BCUT2D eigenvalue weighted by Gasteiger charge is -2.36. The Hall–Kier alpha value is -1.95. The van der Waals surface area contributed by atoms with Crippen LogP contribution in [0.5, 0.6) is 17.2 Å². The summed E-state index contributed by atoms with van der Waals surface area (Å²) in [5.74, 6) is 2.61. The second-order valence-corrected chi connectivity index (χ2v) is 7.48. The van der Waals surface area contributed by atoms with Crippen LogP contribution in [0.15, 0.2) is 12.1 Å². The molecule has 0 saturated carbocycles. The number of likely N-dealkylation sites (tertiary alicyclic amines) is 2. The maximum absolute atomic E-state index is 12.9. The third-order valence-electron chi connectivity index (χ3n) is 5.70. The Morgan fingerprint density at radius 1 is 0.926 bits per heavy atom. The molecular formula is C21H32N2O4. The largest absolute Gasteiger partial charge is 0.496 e. The molecule has 2 fully saturated rings. The zero-order chi connectivity index (χ0) is 19.2. The van der Waals surface area contributed by atoms with E-state index in [0.717, 1.165) is 69.7 Å². The van der Waals surface area contributed by atoms with Crippen molar-refractivity contribution >= 4 is 5.91 Å². The minimum Gasteiger partial charge on any atom is -0.496 e. The lowest BCUT2D eigenvalue weighted by Crippen LogP contribution is -2.46. The van der Waals surface area contributed by atoms with Crippen LogP contribution in [0.3, 0.4) is 0 Å². The van der Waals surface area contributed by atoms with Gasteiger partial charge >= 0.3 is 0 Å². The molecule has 6 heteroatoms. The van der Waals surface area contributed by atoms with Gasteiger partial charge in [0.05, 0.1) is 27.2 Å². The summed E-state index contributed by atoms with van der Waals surface area (Å²) < 4.78 is 16.4. The van der Waals surface area contributed by atoms with Crippen LogP contribution in [0.4, 0.5) is 0 Å². The highest BCUT2D eigenvalue weighted by Gasteiger charge is 2.30. The van der Waals surface area contributed by atoms with Gasteiger partial charge in [0.2, 0.25) is 5.91 Å². The van der Waals surface area contributed by atoms with Crippen molar-refractivity contribution < 1.29 is 19.0 Å². The summed E-state index contributed by atoms with van der Waals surface area (Å²) in [6.07, 6.45) is 5.59. The van der Waals surface area contributed by atoms with E-state index in [-0.39, 0.29) is 5.92 Å². The normalized spacial score (nSPS) is 21.0. The predicted molar refractivity (Wildman–Crippen MR) is 105 cm³/mol. The van der Waals surface area contributed by atoms with E-state index >= 15 is 0 Å². The first kappa shape index (κ1) is 19.8. The molecule has 27 heavy (non-hydrogen) atoms. The third-order valence-corrected chi connectivity index (χ3v) is 5.70. The zero-order valence-electron chi connectivity index (χ0n) is 16.8. The van der Waals surface area contributed by atoms with Gasteiger partial charge in [-0.1, -0.05) is 0 Å². The predicted octanol–water partition coefficient (Wildman–Crippen LogP) is 2.94. The molecule has 1 unspecified atom stereocenters. The molecule has 1 aromatic rings. The van der Waals surface area contributed by atoms with Gasteiger partial charge in [0, 0.05) is 37.8 Å². The Balaban J connectivity index is 1.69. The van der Waals surface area contributed by atoms with E-state index in [0.29, 0.717) is 17.4 Å². The van der Waals surface area contributed by atoms with E-state index in [1.54, 1.807) is 21.3 Å². The average molecular weight is 376 g/mol. The number of carbonyl (C=O) groups excluding carboxylic acids is 1. The molecule has 2 aliphatic heterocycles. The zero-order valence-corrected chi connectivity index (χ0v) is 16.8. The maximum atomic E-state index is 12.9. The second-order valence-electron chi connectivity index (χ2n) is 7.48. The van der Waals surface area contributed by atoms with E-state index in [1.807, 2.05) is 12.1 Å². The van der Waals surface area contributed by atoms with Crippen LogP contribution in [-0.4, -0.2) is 63.2 Å². The Labute approximate surface area is 162 Å². The van der Waals surface area contributed by atoms with Gasteiger partial charge < -0.3 is 19.1 Å². The molecule has 2 saturated heterocycles. The summed E-state index contributed by atoms with van der Waals surface area (Å²) in [5, 5.41) is 0. The number of amides is 1. The number of hydrogen-bond donors (Lipinski definition) is 0. The fraction of sp³-hybridized carbons (Fsp3) is 0.667. The van der Waals surface area contributed by atoms with E-state index in [2.05, 4.69) is 9.80 Å². The van der Waals surface area contributed by atoms with E-state index < -0.39 is 0 Å². The number of rotatable bonds is 6. The molecule has 2 heterocycles. The van der Waals surface area contributed by atoms with E-state index in [4.69, 9.17) is 14.2 Å². The Kier molecular flexibility index (Phi) is 6.83. The van der Waals surface area contributed by atoms with Gasteiger partial charge in [-0.05, 0) is 44.7 Å². The van der Waals surface area contributed by atoms with Crippen molar-refractivity contribution in [2.45, 2.75) is 38.6 Å². The first-order valence-electron chi connectivity index (χ1n) is 9.96. The number of ether oxygens (including phenoxy) is 3. The second kappa shape index (κ2) is 9.31. The average Bonchev–Trinajstić information content (AvgIpc) is 2.73. The molecule has 0 radical (unpaired) electrons. The number of methoxy groups -OCH3 is 3. The van der Waals surface area contributed by atoms with Crippen molar-refractivity contribution in [1.29, 1.82) is 0 Å². The van der Waals surface area contributed by atoms with Gasteiger partial charge in [-0.15, -0.1) is 0 Å². The van der Waals surface area contributed by atoms with Gasteiger partial charge in [-0.2, -0.15) is 0 Å². The summed E-state index contributed by atoms with van der Waals surface area (Å²) in [7, 11) is 4.93. The van der Waals surface area contributed by atoms with Crippen LogP contribution in [0, 0.1) is 5.92 Å². The Morgan fingerprint density at radius 2 is 1.59 bits per heavy atom. The topological polar surface area (TPSA) is 51.2 Å². The lowest BCUT2D eigenvalue weighted by molar-refractivity contribution is -0.138. The molecule has 0 aliphatic carbocycles. The van der Waals surface area contributed by atoms with Gasteiger partial charge in [0.1, 0.15) is 5.75 Å². The standard InChI is InChI=1S/C21H32N2O4/c1-25-18-13-20(27-3)19(26-2)12-17(18)15-22-9-7-8-16(14-22)21(24)23-10-5-4-6-11-23/h12-13,16H,4-11,14-15H2,1-3H3.